The van der Waals surface area contributed by atoms with Gasteiger partial charge in [-0.05, 0) is 53.6 Å². The molecule has 2 aliphatic rings. The van der Waals surface area contributed by atoms with Crippen molar-refractivity contribution in [1.29, 1.82) is 5.26 Å². The van der Waals surface area contributed by atoms with Crippen molar-refractivity contribution >= 4 is 46.7 Å². The number of likely N-dealkylation sites (tertiary alicyclic amines) is 1. The second-order valence-corrected chi connectivity index (χ2v) is 10.00. The molecule has 8 nitrogen and oxygen atoms in total. The predicted octanol–water partition coefficient (Wildman–Crippen LogP) is 4.27. The second-order valence-electron chi connectivity index (χ2n) is 9.13. The van der Waals surface area contributed by atoms with Crippen molar-refractivity contribution in [3.05, 3.63) is 93.7 Å². The molecule has 0 aliphatic carbocycles. The highest BCUT2D eigenvalue weighted by Crippen LogP contribution is 2.46. The molecular formula is C27H21Cl2N5O3. The van der Waals surface area contributed by atoms with Gasteiger partial charge < -0.3 is 9.80 Å². The van der Waals surface area contributed by atoms with Gasteiger partial charge >= 0.3 is 6.03 Å². The minimum absolute atomic E-state index is 0.0213. The van der Waals surface area contributed by atoms with Crippen molar-refractivity contribution in [2.45, 2.75) is 17.9 Å². The summed E-state index contributed by atoms with van der Waals surface area (Å²) in [7, 11) is 1.57. The molecule has 3 heterocycles. The number of hydrogen-bond donors (Lipinski definition) is 0. The lowest BCUT2D eigenvalue weighted by Gasteiger charge is -2.33. The number of urea groups is 1. The number of benzene rings is 2. The van der Waals surface area contributed by atoms with E-state index in [9.17, 15) is 19.6 Å². The molecule has 0 N–H and O–H groups in total. The number of carbonyl (C=O) groups excluding carboxylic acids is 3. The molecule has 186 valence electrons. The fraction of sp³-hybridized carbons (Fsp3) is 0.222. The molecule has 2 atom stereocenters. The normalized spacial score (nSPS) is 21.1. The van der Waals surface area contributed by atoms with Crippen LogP contribution in [0.1, 0.15) is 22.6 Å². The van der Waals surface area contributed by atoms with Gasteiger partial charge in [-0.2, -0.15) is 5.26 Å². The van der Waals surface area contributed by atoms with Crippen LogP contribution in [-0.4, -0.2) is 58.3 Å². The summed E-state index contributed by atoms with van der Waals surface area (Å²) < 4.78 is 0. The van der Waals surface area contributed by atoms with E-state index in [0.717, 1.165) is 16.0 Å². The Kier molecular flexibility index (Phi) is 6.36. The van der Waals surface area contributed by atoms with Gasteiger partial charge in [-0.3, -0.25) is 14.6 Å². The molecule has 3 aromatic rings. The van der Waals surface area contributed by atoms with Crippen LogP contribution in [0.25, 0.3) is 0 Å². The van der Waals surface area contributed by atoms with Crippen LogP contribution in [-0.2, 0) is 16.0 Å². The fourth-order valence-corrected chi connectivity index (χ4v) is 5.70. The maximum absolute atomic E-state index is 14.2. The Balaban J connectivity index is 1.57. The SMILES string of the molecule is CN1C(=O)N(c2cc(Cl)cc(Cl)c2)C(=O)[C@]12CN(C(=O)Cc1ccncc1)C[C@H]2c1ccc(C#N)cc1. The van der Waals surface area contributed by atoms with E-state index >= 15 is 0 Å². The number of pyridine rings is 1. The largest absolute Gasteiger partial charge is 0.339 e. The molecule has 1 aromatic heterocycles. The summed E-state index contributed by atoms with van der Waals surface area (Å²) in [6.45, 7) is 0.247. The number of anilines is 1. The van der Waals surface area contributed by atoms with Gasteiger partial charge in [0.1, 0.15) is 5.54 Å². The molecule has 2 aromatic carbocycles. The number of amides is 4. The molecule has 10 heteroatoms. The molecular weight excluding hydrogens is 513 g/mol. The number of halogens is 2. The monoisotopic (exact) mass is 533 g/mol. The van der Waals surface area contributed by atoms with E-state index in [1.165, 1.54) is 23.1 Å². The minimum Gasteiger partial charge on any atom is -0.339 e. The maximum Gasteiger partial charge on any atom is 0.332 e. The Labute approximate surface area is 223 Å². The third kappa shape index (κ3) is 4.20. The first-order valence-corrected chi connectivity index (χ1v) is 12.3. The first-order chi connectivity index (χ1) is 17.7. The second kappa shape index (κ2) is 9.51. The molecule has 2 fully saturated rings. The molecule has 0 saturated carbocycles. The summed E-state index contributed by atoms with van der Waals surface area (Å²) in [6.07, 6.45) is 3.38. The standard InChI is InChI=1S/C27H21Cl2N5O3/c1-32-26(37)34(22-12-20(28)11-21(29)13-22)25(36)27(32)16-33(24(35)10-17-6-8-31-9-7-17)15-23(27)19-4-2-18(14-30)3-5-19/h2-9,11-13,23H,10,15-16H2,1H3/t23-,27+/m0/s1. The van der Waals surface area contributed by atoms with Crippen LogP contribution < -0.4 is 4.90 Å². The van der Waals surface area contributed by atoms with Gasteiger partial charge in [0.15, 0.2) is 0 Å². The van der Waals surface area contributed by atoms with Crippen LogP contribution >= 0.6 is 23.2 Å². The summed E-state index contributed by atoms with van der Waals surface area (Å²) in [5.41, 5.74) is 0.925. The summed E-state index contributed by atoms with van der Waals surface area (Å²) in [4.78, 5) is 49.2. The lowest BCUT2D eigenvalue weighted by Crippen LogP contribution is -2.54. The Bertz CT molecular complexity index is 1420. The molecule has 0 bridgehead atoms. The molecule has 4 amide bonds. The van der Waals surface area contributed by atoms with Gasteiger partial charge in [-0.1, -0.05) is 35.3 Å². The number of hydrogen-bond acceptors (Lipinski definition) is 5. The maximum atomic E-state index is 14.2. The number of imide groups is 1. The van der Waals surface area contributed by atoms with E-state index in [-0.39, 0.29) is 41.2 Å². The number of nitriles is 1. The third-order valence-corrected chi connectivity index (χ3v) is 7.50. The highest BCUT2D eigenvalue weighted by Gasteiger charge is 2.64. The van der Waals surface area contributed by atoms with E-state index in [2.05, 4.69) is 11.1 Å². The zero-order valence-electron chi connectivity index (χ0n) is 19.8. The smallest absolute Gasteiger partial charge is 0.332 e. The van der Waals surface area contributed by atoms with Crippen LogP contribution in [0.2, 0.25) is 10.0 Å². The average Bonchev–Trinajstić information content (AvgIpc) is 3.37. The summed E-state index contributed by atoms with van der Waals surface area (Å²) in [5, 5.41) is 9.81. The van der Waals surface area contributed by atoms with Crippen molar-refractivity contribution in [3.63, 3.8) is 0 Å². The predicted molar refractivity (Wildman–Crippen MR) is 138 cm³/mol. The Morgan fingerprint density at radius 2 is 1.73 bits per heavy atom. The minimum atomic E-state index is -1.35. The van der Waals surface area contributed by atoms with E-state index in [1.807, 2.05) is 0 Å². The molecule has 37 heavy (non-hydrogen) atoms. The lowest BCUT2D eigenvalue weighted by molar-refractivity contribution is -0.130. The number of nitrogens with zero attached hydrogens (tertiary/aromatic N) is 5. The number of carbonyl (C=O) groups is 3. The molecule has 0 radical (unpaired) electrons. The molecule has 2 saturated heterocycles. The van der Waals surface area contributed by atoms with E-state index in [1.54, 1.807) is 60.7 Å². The van der Waals surface area contributed by atoms with E-state index in [0.29, 0.717) is 5.56 Å². The van der Waals surface area contributed by atoms with Gasteiger partial charge in [0.25, 0.3) is 5.91 Å². The summed E-state index contributed by atoms with van der Waals surface area (Å²) >= 11 is 12.4. The number of rotatable bonds is 4. The number of likely N-dealkylation sites (N-methyl/N-ethyl adjacent to an activating group) is 1. The zero-order chi connectivity index (χ0) is 26.3. The first kappa shape index (κ1) is 24.8. The fourth-order valence-electron chi connectivity index (χ4n) is 5.18. The van der Waals surface area contributed by atoms with Crippen LogP contribution in [0.3, 0.4) is 0 Å². The van der Waals surface area contributed by atoms with Gasteiger partial charge in [0.2, 0.25) is 5.91 Å². The quantitative estimate of drug-likeness (QED) is 0.466. The molecule has 1 spiro atoms. The van der Waals surface area contributed by atoms with Gasteiger partial charge in [-0.15, -0.1) is 0 Å². The Morgan fingerprint density at radius 1 is 1.08 bits per heavy atom. The summed E-state index contributed by atoms with van der Waals surface area (Å²) in [5.74, 6) is -1.16. The first-order valence-electron chi connectivity index (χ1n) is 11.5. The zero-order valence-corrected chi connectivity index (χ0v) is 21.3. The number of aromatic nitrogens is 1. The van der Waals surface area contributed by atoms with Crippen LogP contribution in [0.15, 0.2) is 67.0 Å². The van der Waals surface area contributed by atoms with Crippen LogP contribution in [0.4, 0.5) is 10.5 Å². The van der Waals surface area contributed by atoms with Crippen molar-refractivity contribution in [1.82, 2.24) is 14.8 Å². The Hall–Kier alpha value is -3.93. The molecule has 0 unspecified atom stereocenters. The molecule has 5 rings (SSSR count). The molecule has 2 aliphatic heterocycles. The highest BCUT2D eigenvalue weighted by atomic mass is 35.5. The van der Waals surface area contributed by atoms with Gasteiger partial charge in [0, 0.05) is 41.9 Å². The van der Waals surface area contributed by atoms with E-state index < -0.39 is 23.4 Å². The van der Waals surface area contributed by atoms with Crippen molar-refractivity contribution in [3.8, 4) is 6.07 Å². The van der Waals surface area contributed by atoms with E-state index in [4.69, 9.17) is 23.2 Å². The van der Waals surface area contributed by atoms with Gasteiger partial charge in [0.05, 0.1) is 30.3 Å². The topological polar surface area (TPSA) is 97.6 Å². The van der Waals surface area contributed by atoms with Crippen molar-refractivity contribution < 1.29 is 14.4 Å². The van der Waals surface area contributed by atoms with Crippen LogP contribution in [0, 0.1) is 11.3 Å². The van der Waals surface area contributed by atoms with Crippen LogP contribution in [0.5, 0.6) is 0 Å². The van der Waals surface area contributed by atoms with Gasteiger partial charge in [-0.25, -0.2) is 9.69 Å². The summed E-state index contributed by atoms with van der Waals surface area (Å²) in [6, 6.07) is 16.5. The highest BCUT2D eigenvalue weighted by molar-refractivity contribution is 6.35. The average molecular weight is 534 g/mol. The third-order valence-electron chi connectivity index (χ3n) is 7.07. The lowest BCUT2D eigenvalue weighted by atomic mass is 9.80. The van der Waals surface area contributed by atoms with Crippen molar-refractivity contribution in [2.75, 3.05) is 25.0 Å². The Morgan fingerprint density at radius 3 is 2.35 bits per heavy atom. The van der Waals surface area contributed by atoms with Crippen molar-refractivity contribution in [2.24, 2.45) is 0 Å².